The molecular formula is C8H6N2O4S. The highest BCUT2D eigenvalue weighted by molar-refractivity contribution is 7.91. The molecule has 15 heavy (non-hydrogen) atoms. The lowest BCUT2D eigenvalue weighted by Gasteiger charge is -1.95. The molecule has 0 aliphatic heterocycles. The van der Waals surface area contributed by atoms with Crippen LogP contribution < -0.4 is 4.90 Å². The van der Waals surface area contributed by atoms with Crippen LogP contribution in [-0.4, -0.2) is 13.6 Å². The summed E-state index contributed by atoms with van der Waals surface area (Å²) in [5.74, 6) is 0. The molecule has 1 aromatic carbocycles. The second-order valence-electron chi connectivity index (χ2n) is 2.74. The van der Waals surface area contributed by atoms with Gasteiger partial charge >= 0.3 is 5.03 Å². The highest BCUT2D eigenvalue weighted by atomic mass is 32.2. The zero-order valence-corrected chi connectivity index (χ0v) is 8.22. The largest absolute Gasteiger partial charge is 0.360 e. The molecule has 78 valence electrons. The Morgan fingerprint density at radius 2 is 1.93 bits per heavy atom. The van der Waals surface area contributed by atoms with E-state index in [-0.39, 0.29) is 9.80 Å². The molecule has 1 heterocycles. The third-order valence-electron chi connectivity index (χ3n) is 1.76. The normalized spacial score (nSPS) is 11.5. The first-order valence-corrected chi connectivity index (χ1v) is 5.45. The van der Waals surface area contributed by atoms with Crippen LogP contribution in [0.3, 0.4) is 0 Å². The molecule has 7 heteroatoms. The van der Waals surface area contributed by atoms with Gasteiger partial charge in [-0.2, -0.15) is 0 Å². The molecule has 2 rings (SSSR count). The van der Waals surface area contributed by atoms with Crippen LogP contribution in [0.1, 0.15) is 0 Å². The summed E-state index contributed by atoms with van der Waals surface area (Å²) in [5, 5.41) is 13.3. The van der Waals surface area contributed by atoms with Crippen molar-refractivity contribution in [2.45, 2.75) is 9.92 Å². The van der Waals surface area contributed by atoms with Crippen LogP contribution in [0.4, 0.5) is 0 Å². The Labute approximate surface area is 85.2 Å². The maximum atomic E-state index is 11.8. The van der Waals surface area contributed by atoms with Gasteiger partial charge in [0.05, 0.1) is 10.1 Å². The second kappa shape index (κ2) is 3.35. The average Bonchev–Trinajstić information content (AvgIpc) is 2.67. The molecule has 0 fully saturated rings. The van der Waals surface area contributed by atoms with Crippen molar-refractivity contribution in [3.63, 3.8) is 0 Å². The van der Waals surface area contributed by atoms with Gasteiger partial charge in [-0.3, -0.25) is 4.63 Å². The van der Waals surface area contributed by atoms with E-state index in [9.17, 15) is 13.6 Å². The van der Waals surface area contributed by atoms with Gasteiger partial charge in [0.25, 0.3) is 9.84 Å². The molecule has 0 unspecified atom stereocenters. The zero-order chi connectivity index (χ0) is 10.9. The van der Waals surface area contributed by atoms with E-state index in [1.54, 1.807) is 18.2 Å². The molecule has 6 nitrogen and oxygen atoms in total. The molecule has 0 spiro atoms. The van der Waals surface area contributed by atoms with E-state index in [1.807, 2.05) is 0 Å². The van der Waals surface area contributed by atoms with Gasteiger partial charge < -0.3 is 5.21 Å². The molecule has 0 bridgehead atoms. The minimum absolute atomic E-state index is 0.0180. The Morgan fingerprint density at radius 1 is 1.27 bits per heavy atom. The summed E-state index contributed by atoms with van der Waals surface area (Å²) in [6.07, 6.45) is 0.766. The third kappa shape index (κ3) is 1.68. The molecule has 0 N–H and O–H groups in total. The first-order chi connectivity index (χ1) is 7.10. The topological polar surface area (TPSA) is 87.1 Å². The first-order valence-electron chi connectivity index (χ1n) is 3.97. The Kier molecular flexibility index (Phi) is 2.16. The minimum atomic E-state index is -3.74. The SMILES string of the molecule is O=S(=O)(c1ccccc1)c1c[n+]([O-])on1. The fourth-order valence-corrected chi connectivity index (χ4v) is 2.17. The minimum Gasteiger partial charge on any atom is -0.360 e. The van der Waals surface area contributed by atoms with Gasteiger partial charge in [0, 0.05) is 0 Å². The van der Waals surface area contributed by atoms with Crippen molar-refractivity contribution in [3.05, 3.63) is 41.7 Å². The maximum Gasteiger partial charge on any atom is 0.335 e. The lowest BCUT2D eigenvalue weighted by atomic mass is 10.4. The molecule has 0 radical (unpaired) electrons. The maximum absolute atomic E-state index is 11.8. The third-order valence-corrected chi connectivity index (χ3v) is 3.38. The van der Waals surface area contributed by atoms with Gasteiger partial charge in [-0.15, -0.1) is 0 Å². The van der Waals surface area contributed by atoms with E-state index in [0.29, 0.717) is 0 Å². The van der Waals surface area contributed by atoms with Gasteiger partial charge in [-0.25, -0.2) is 8.42 Å². The summed E-state index contributed by atoms with van der Waals surface area (Å²) >= 11 is 0. The number of hydrogen-bond acceptors (Lipinski definition) is 5. The van der Waals surface area contributed by atoms with Crippen molar-refractivity contribution < 1.29 is 17.9 Å². The van der Waals surface area contributed by atoms with Gasteiger partial charge in [-0.05, 0) is 17.0 Å². The molecule has 0 aliphatic rings. The van der Waals surface area contributed by atoms with Gasteiger partial charge in [0.15, 0.2) is 0 Å². The molecule has 0 amide bonds. The summed E-state index contributed by atoms with van der Waals surface area (Å²) < 4.78 is 27.6. The number of benzene rings is 1. The monoisotopic (exact) mass is 226 g/mol. The Balaban J connectivity index is 2.54. The summed E-state index contributed by atoms with van der Waals surface area (Å²) in [7, 11) is -3.74. The van der Waals surface area contributed by atoms with Gasteiger partial charge in [-0.1, -0.05) is 18.2 Å². The van der Waals surface area contributed by atoms with Crippen LogP contribution in [-0.2, 0) is 9.84 Å². The number of rotatable bonds is 2. The fraction of sp³-hybridized carbons (Fsp3) is 0. The van der Waals surface area contributed by atoms with Crippen LogP contribution >= 0.6 is 0 Å². The summed E-state index contributed by atoms with van der Waals surface area (Å²) in [6, 6.07) is 7.68. The molecule has 0 saturated heterocycles. The first kappa shape index (κ1) is 9.66. The molecule has 0 aliphatic carbocycles. The second-order valence-corrected chi connectivity index (χ2v) is 4.64. The van der Waals surface area contributed by atoms with E-state index in [0.717, 1.165) is 6.20 Å². The number of hydrogen-bond donors (Lipinski definition) is 0. The number of nitrogens with zero attached hydrogens (tertiary/aromatic N) is 2. The quantitative estimate of drug-likeness (QED) is 0.680. The van der Waals surface area contributed by atoms with Crippen molar-refractivity contribution in [1.82, 2.24) is 5.16 Å². The molecule has 2 aromatic rings. The van der Waals surface area contributed by atoms with Gasteiger partial charge in [0.2, 0.25) is 6.20 Å². The zero-order valence-electron chi connectivity index (χ0n) is 7.40. The lowest BCUT2D eigenvalue weighted by Crippen LogP contribution is -2.20. The molecule has 1 aromatic heterocycles. The van der Waals surface area contributed by atoms with Crippen LogP contribution in [0, 0.1) is 5.21 Å². The van der Waals surface area contributed by atoms with E-state index in [1.165, 1.54) is 12.1 Å². The predicted octanol–water partition coefficient (Wildman–Crippen LogP) is 0.141. The van der Waals surface area contributed by atoms with Crippen LogP contribution in [0.15, 0.2) is 51.1 Å². The van der Waals surface area contributed by atoms with E-state index in [2.05, 4.69) is 9.79 Å². The molecule has 0 atom stereocenters. The van der Waals surface area contributed by atoms with Gasteiger partial charge in [0.1, 0.15) is 0 Å². The van der Waals surface area contributed by atoms with Crippen molar-refractivity contribution >= 4 is 9.84 Å². The standard InChI is InChI=1S/C8H6N2O4S/c11-10-6-8(9-14-10)15(12,13)7-4-2-1-3-5-7/h1-6H. The Bertz CT molecular complexity index is 561. The van der Waals surface area contributed by atoms with Crippen molar-refractivity contribution in [2.24, 2.45) is 0 Å². The number of aromatic nitrogens is 2. The lowest BCUT2D eigenvalue weighted by molar-refractivity contribution is -0.802. The van der Waals surface area contributed by atoms with E-state index >= 15 is 0 Å². The van der Waals surface area contributed by atoms with Crippen molar-refractivity contribution in [2.75, 3.05) is 0 Å². The van der Waals surface area contributed by atoms with E-state index < -0.39 is 14.9 Å². The number of sulfone groups is 1. The Morgan fingerprint density at radius 3 is 2.47 bits per heavy atom. The summed E-state index contributed by atoms with van der Waals surface area (Å²) in [4.78, 5) is 0.0504. The van der Waals surface area contributed by atoms with Crippen molar-refractivity contribution in [3.8, 4) is 0 Å². The predicted molar refractivity (Wildman–Crippen MR) is 47.4 cm³/mol. The van der Waals surface area contributed by atoms with Crippen LogP contribution in [0.5, 0.6) is 0 Å². The van der Waals surface area contributed by atoms with Crippen molar-refractivity contribution in [1.29, 1.82) is 0 Å². The smallest absolute Gasteiger partial charge is 0.335 e. The molecule has 0 saturated carbocycles. The highest BCUT2D eigenvalue weighted by Gasteiger charge is 2.26. The van der Waals surface area contributed by atoms with Crippen LogP contribution in [0.25, 0.3) is 0 Å². The summed E-state index contributed by atoms with van der Waals surface area (Å²) in [6.45, 7) is 0. The molecular weight excluding hydrogens is 220 g/mol. The average molecular weight is 226 g/mol. The Hall–Kier alpha value is -1.89. The fourth-order valence-electron chi connectivity index (χ4n) is 1.06. The highest BCUT2D eigenvalue weighted by Crippen LogP contribution is 2.16. The summed E-state index contributed by atoms with van der Waals surface area (Å²) in [5.41, 5.74) is 0. The van der Waals surface area contributed by atoms with E-state index in [4.69, 9.17) is 0 Å². The van der Waals surface area contributed by atoms with Crippen LogP contribution in [0.2, 0.25) is 0 Å².